The first-order valence-electron chi connectivity index (χ1n) is 5.51. The fourth-order valence-corrected chi connectivity index (χ4v) is 3.09. The lowest BCUT2D eigenvalue weighted by molar-refractivity contribution is 0.0909. The number of alkyl halides is 1. The Kier molecular flexibility index (Phi) is 5.53. The van der Waals surface area contributed by atoms with Gasteiger partial charge in [0.25, 0.3) is 5.91 Å². The molecule has 0 spiro atoms. The number of amides is 1. The highest BCUT2D eigenvalue weighted by Gasteiger charge is 2.21. The molecule has 0 aliphatic heterocycles. The van der Waals surface area contributed by atoms with Crippen molar-refractivity contribution in [1.82, 2.24) is 5.32 Å². The Balaban J connectivity index is 2.83. The topological polar surface area (TPSA) is 29.1 Å². The molecular formula is C13H18BrNOS. The minimum Gasteiger partial charge on any atom is -0.347 e. The summed E-state index contributed by atoms with van der Waals surface area (Å²) >= 11 is 5.00. The quantitative estimate of drug-likeness (QED) is 0.663. The smallest absolute Gasteiger partial charge is 0.252 e. The molecule has 0 saturated heterocycles. The Labute approximate surface area is 116 Å². The molecule has 0 aliphatic carbocycles. The van der Waals surface area contributed by atoms with E-state index in [9.17, 15) is 4.79 Å². The summed E-state index contributed by atoms with van der Waals surface area (Å²) in [4.78, 5) is 13.2. The van der Waals surface area contributed by atoms with Crippen molar-refractivity contribution < 1.29 is 4.79 Å². The molecular weight excluding hydrogens is 298 g/mol. The van der Waals surface area contributed by atoms with Crippen LogP contribution in [0.15, 0.2) is 29.2 Å². The summed E-state index contributed by atoms with van der Waals surface area (Å²) in [5, 5.41) is 3.95. The van der Waals surface area contributed by atoms with Crippen molar-refractivity contribution in [1.29, 1.82) is 0 Å². The fraction of sp³-hybridized carbons (Fsp3) is 0.462. The Morgan fingerprint density at radius 2 is 2.06 bits per heavy atom. The van der Waals surface area contributed by atoms with E-state index in [0.29, 0.717) is 0 Å². The number of benzene rings is 1. The van der Waals surface area contributed by atoms with Gasteiger partial charge in [0, 0.05) is 15.8 Å². The SMILES string of the molecule is CSc1ccccc1C(=O)NC(C)(C)CCBr. The number of carbonyl (C=O) groups is 1. The molecule has 0 aromatic heterocycles. The van der Waals surface area contributed by atoms with Crippen LogP contribution in [0.4, 0.5) is 0 Å². The van der Waals surface area contributed by atoms with E-state index in [0.717, 1.165) is 22.2 Å². The highest BCUT2D eigenvalue weighted by atomic mass is 79.9. The minimum absolute atomic E-state index is 0.000833. The molecule has 1 aromatic rings. The first-order chi connectivity index (χ1) is 8.00. The van der Waals surface area contributed by atoms with Crippen LogP contribution in [0.5, 0.6) is 0 Å². The molecule has 0 heterocycles. The zero-order valence-corrected chi connectivity index (χ0v) is 12.8. The molecule has 0 radical (unpaired) electrons. The second kappa shape index (κ2) is 6.45. The Hall–Kier alpha value is -0.480. The third kappa shape index (κ3) is 4.36. The maximum atomic E-state index is 12.2. The standard InChI is InChI=1S/C13H18BrNOS/c1-13(2,8-9-14)15-12(16)10-6-4-5-7-11(10)17-3/h4-7H,8-9H2,1-3H3,(H,15,16). The van der Waals surface area contributed by atoms with Crippen LogP contribution in [-0.2, 0) is 0 Å². The van der Waals surface area contributed by atoms with E-state index < -0.39 is 0 Å². The lowest BCUT2D eigenvalue weighted by Gasteiger charge is -2.25. The third-order valence-electron chi connectivity index (χ3n) is 2.52. The minimum atomic E-state index is -0.188. The molecule has 1 amide bonds. The Morgan fingerprint density at radius 3 is 2.65 bits per heavy atom. The van der Waals surface area contributed by atoms with Gasteiger partial charge in [0.2, 0.25) is 0 Å². The number of hydrogen-bond donors (Lipinski definition) is 1. The van der Waals surface area contributed by atoms with Gasteiger partial charge >= 0.3 is 0 Å². The molecule has 2 nitrogen and oxygen atoms in total. The van der Waals surface area contributed by atoms with E-state index >= 15 is 0 Å². The van der Waals surface area contributed by atoms with Gasteiger partial charge in [-0.15, -0.1) is 11.8 Å². The van der Waals surface area contributed by atoms with Gasteiger partial charge in [-0.25, -0.2) is 0 Å². The molecule has 0 aliphatic rings. The van der Waals surface area contributed by atoms with Gasteiger partial charge in [-0.1, -0.05) is 28.1 Å². The maximum absolute atomic E-state index is 12.2. The number of carbonyl (C=O) groups excluding carboxylic acids is 1. The van der Waals surface area contributed by atoms with Crippen molar-refractivity contribution in [3.8, 4) is 0 Å². The molecule has 0 atom stereocenters. The van der Waals surface area contributed by atoms with Crippen molar-refractivity contribution in [3.63, 3.8) is 0 Å². The molecule has 0 bridgehead atoms. The van der Waals surface area contributed by atoms with E-state index in [1.807, 2.05) is 44.4 Å². The molecule has 0 saturated carbocycles. The monoisotopic (exact) mass is 315 g/mol. The zero-order chi connectivity index (χ0) is 12.9. The second-order valence-corrected chi connectivity index (χ2v) is 6.12. The van der Waals surface area contributed by atoms with Crippen molar-refractivity contribution >= 4 is 33.6 Å². The third-order valence-corrected chi connectivity index (χ3v) is 3.72. The predicted molar refractivity (Wildman–Crippen MR) is 78.2 cm³/mol. The number of rotatable bonds is 5. The number of nitrogens with one attached hydrogen (secondary N) is 1. The predicted octanol–water partition coefficient (Wildman–Crippen LogP) is 3.70. The van der Waals surface area contributed by atoms with Crippen LogP contribution in [0.3, 0.4) is 0 Å². The highest BCUT2D eigenvalue weighted by molar-refractivity contribution is 9.09. The van der Waals surface area contributed by atoms with Gasteiger partial charge in [-0.3, -0.25) is 4.79 Å². The fourth-order valence-electron chi connectivity index (χ4n) is 1.51. The maximum Gasteiger partial charge on any atom is 0.252 e. The van der Waals surface area contributed by atoms with Gasteiger partial charge in [0.1, 0.15) is 0 Å². The van der Waals surface area contributed by atoms with Crippen LogP contribution in [0, 0.1) is 0 Å². The molecule has 4 heteroatoms. The number of thioether (sulfide) groups is 1. The Bertz CT molecular complexity index is 393. The van der Waals surface area contributed by atoms with Crippen LogP contribution in [-0.4, -0.2) is 23.0 Å². The largest absolute Gasteiger partial charge is 0.347 e. The van der Waals surface area contributed by atoms with Gasteiger partial charge in [0.05, 0.1) is 5.56 Å². The van der Waals surface area contributed by atoms with Crippen LogP contribution in [0.25, 0.3) is 0 Å². The van der Waals surface area contributed by atoms with Gasteiger partial charge in [-0.2, -0.15) is 0 Å². The average molecular weight is 316 g/mol. The van der Waals surface area contributed by atoms with E-state index in [-0.39, 0.29) is 11.4 Å². The highest BCUT2D eigenvalue weighted by Crippen LogP contribution is 2.21. The van der Waals surface area contributed by atoms with E-state index in [2.05, 4.69) is 21.2 Å². The first-order valence-corrected chi connectivity index (χ1v) is 7.86. The van der Waals surface area contributed by atoms with Gasteiger partial charge in [-0.05, 0) is 38.7 Å². The summed E-state index contributed by atoms with van der Waals surface area (Å²) in [6, 6.07) is 7.68. The summed E-state index contributed by atoms with van der Waals surface area (Å²) in [5.41, 5.74) is 0.564. The zero-order valence-electron chi connectivity index (χ0n) is 10.4. The molecule has 17 heavy (non-hydrogen) atoms. The normalized spacial score (nSPS) is 11.3. The molecule has 0 unspecified atom stereocenters. The number of halogens is 1. The Morgan fingerprint density at radius 1 is 1.41 bits per heavy atom. The summed E-state index contributed by atoms with van der Waals surface area (Å²) < 4.78 is 0. The van der Waals surface area contributed by atoms with Gasteiger partial charge in [0.15, 0.2) is 0 Å². The molecule has 1 N–H and O–H groups in total. The van der Waals surface area contributed by atoms with Crippen LogP contribution < -0.4 is 5.32 Å². The van der Waals surface area contributed by atoms with Gasteiger partial charge < -0.3 is 5.32 Å². The van der Waals surface area contributed by atoms with Crippen molar-refractivity contribution in [2.45, 2.75) is 30.7 Å². The lowest BCUT2D eigenvalue weighted by Crippen LogP contribution is -2.43. The first kappa shape index (κ1) is 14.6. The molecule has 0 fully saturated rings. The number of hydrogen-bond acceptors (Lipinski definition) is 2. The van der Waals surface area contributed by atoms with Crippen LogP contribution in [0.1, 0.15) is 30.6 Å². The van der Waals surface area contributed by atoms with Crippen LogP contribution >= 0.6 is 27.7 Å². The lowest BCUT2D eigenvalue weighted by atomic mass is 10.0. The summed E-state index contributed by atoms with van der Waals surface area (Å²) in [7, 11) is 0. The second-order valence-electron chi connectivity index (χ2n) is 4.48. The molecule has 1 aromatic carbocycles. The summed E-state index contributed by atoms with van der Waals surface area (Å²) in [6.07, 6.45) is 2.88. The average Bonchev–Trinajstić information content (AvgIpc) is 2.28. The van der Waals surface area contributed by atoms with E-state index in [1.54, 1.807) is 11.8 Å². The van der Waals surface area contributed by atoms with E-state index in [1.165, 1.54) is 0 Å². The van der Waals surface area contributed by atoms with Crippen molar-refractivity contribution in [3.05, 3.63) is 29.8 Å². The molecule has 94 valence electrons. The molecule has 1 rings (SSSR count). The van der Waals surface area contributed by atoms with E-state index in [4.69, 9.17) is 0 Å². The van der Waals surface area contributed by atoms with Crippen LogP contribution in [0.2, 0.25) is 0 Å². The van der Waals surface area contributed by atoms with Crippen molar-refractivity contribution in [2.24, 2.45) is 0 Å². The summed E-state index contributed by atoms with van der Waals surface area (Å²) in [5.74, 6) is 0.000833. The summed E-state index contributed by atoms with van der Waals surface area (Å²) in [6.45, 7) is 4.07. The van der Waals surface area contributed by atoms with Crippen molar-refractivity contribution in [2.75, 3.05) is 11.6 Å².